The first-order valence-electron chi connectivity index (χ1n) is 9.96. The molecule has 1 saturated carbocycles. The molecular formula is C22H36O5. The van der Waals surface area contributed by atoms with E-state index in [2.05, 4.69) is 24.8 Å². The number of allylic oxidation sites excluding steroid dienone is 2. The minimum absolute atomic E-state index is 0.0695. The lowest BCUT2D eigenvalue weighted by Crippen LogP contribution is -2.36. The van der Waals surface area contributed by atoms with E-state index >= 15 is 0 Å². The van der Waals surface area contributed by atoms with Gasteiger partial charge in [-0.1, -0.05) is 24.6 Å². The largest absolute Gasteiger partial charge is 0.458 e. The van der Waals surface area contributed by atoms with Crippen LogP contribution in [0.15, 0.2) is 23.8 Å². The van der Waals surface area contributed by atoms with Crippen LogP contribution in [0.2, 0.25) is 0 Å². The third-order valence-corrected chi connectivity index (χ3v) is 6.32. The number of ether oxygens (including phenoxy) is 1. The summed E-state index contributed by atoms with van der Waals surface area (Å²) in [6.45, 7) is 11.3. The Morgan fingerprint density at radius 2 is 2.04 bits per heavy atom. The molecule has 0 unspecified atom stereocenters. The van der Waals surface area contributed by atoms with Gasteiger partial charge < -0.3 is 9.84 Å². The maximum atomic E-state index is 11.4. The number of carbonyl (C=O) groups is 1. The zero-order chi connectivity index (χ0) is 20.5. The van der Waals surface area contributed by atoms with E-state index < -0.39 is 11.2 Å². The van der Waals surface area contributed by atoms with Gasteiger partial charge in [-0.15, -0.1) is 0 Å². The topological polar surface area (TPSA) is 76.0 Å². The molecular weight excluding hydrogens is 344 g/mol. The number of aliphatic hydroxyl groups is 1. The van der Waals surface area contributed by atoms with E-state index in [4.69, 9.17) is 9.99 Å². The molecule has 5 atom stereocenters. The quantitative estimate of drug-likeness (QED) is 0.314. The predicted octanol–water partition coefficient (Wildman–Crippen LogP) is 4.66. The molecule has 0 aromatic carbocycles. The lowest BCUT2D eigenvalue weighted by Gasteiger charge is -2.35. The van der Waals surface area contributed by atoms with Crippen molar-refractivity contribution in [2.45, 2.75) is 91.0 Å². The molecule has 2 N–H and O–H groups in total. The molecule has 2 rings (SSSR count). The second-order valence-corrected chi connectivity index (χ2v) is 9.63. The van der Waals surface area contributed by atoms with Crippen molar-refractivity contribution < 1.29 is 24.8 Å². The Hall–Kier alpha value is -1.17. The van der Waals surface area contributed by atoms with Gasteiger partial charge in [0.25, 0.3) is 0 Å². The normalized spacial score (nSPS) is 39.4. The second kappa shape index (κ2) is 8.06. The fraction of sp³-hybridized carbons (Fsp3) is 0.773. The lowest BCUT2D eigenvalue weighted by molar-refractivity contribution is -0.297. The van der Waals surface area contributed by atoms with Crippen LogP contribution in [0.3, 0.4) is 0 Å². The SMILES string of the molecule is CC(=O)O[C@H]1/C=C(\C)CC[C@](C)(C/C=C/C(C)(C)OO)[C@H]2C[C@@H]2[C@@](C)(O)C1. The Morgan fingerprint density at radius 3 is 2.63 bits per heavy atom. The molecule has 0 aromatic rings. The van der Waals surface area contributed by atoms with Crippen LogP contribution >= 0.6 is 0 Å². The van der Waals surface area contributed by atoms with E-state index in [9.17, 15) is 9.90 Å². The van der Waals surface area contributed by atoms with E-state index in [0.29, 0.717) is 12.3 Å². The lowest BCUT2D eigenvalue weighted by atomic mass is 9.73. The van der Waals surface area contributed by atoms with Gasteiger partial charge in [-0.2, -0.15) is 0 Å². The molecule has 1 fully saturated rings. The monoisotopic (exact) mass is 380 g/mol. The maximum absolute atomic E-state index is 11.4. The van der Waals surface area contributed by atoms with Gasteiger partial charge >= 0.3 is 5.97 Å². The number of rotatable bonds is 5. The average Bonchev–Trinajstić information content (AvgIpc) is 3.33. The van der Waals surface area contributed by atoms with Crippen LogP contribution in [0.4, 0.5) is 0 Å². The van der Waals surface area contributed by atoms with Gasteiger partial charge in [-0.05, 0) is 76.7 Å². The number of carbonyl (C=O) groups excluding carboxylic acids is 1. The number of hydrogen-bond acceptors (Lipinski definition) is 5. The van der Waals surface area contributed by atoms with Crippen molar-refractivity contribution >= 4 is 5.97 Å². The van der Waals surface area contributed by atoms with Crippen molar-refractivity contribution in [2.24, 2.45) is 17.3 Å². The van der Waals surface area contributed by atoms with Crippen LogP contribution in [0, 0.1) is 17.3 Å². The highest BCUT2D eigenvalue weighted by molar-refractivity contribution is 5.66. The summed E-state index contributed by atoms with van der Waals surface area (Å²) in [4.78, 5) is 15.9. The maximum Gasteiger partial charge on any atom is 0.303 e. The first-order chi connectivity index (χ1) is 12.4. The Morgan fingerprint density at radius 1 is 1.37 bits per heavy atom. The zero-order valence-corrected chi connectivity index (χ0v) is 17.6. The van der Waals surface area contributed by atoms with Crippen LogP contribution in [0.1, 0.15) is 73.6 Å². The smallest absolute Gasteiger partial charge is 0.303 e. The summed E-state index contributed by atoms with van der Waals surface area (Å²) in [6.07, 6.45) is 9.85. The minimum Gasteiger partial charge on any atom is -0.458 e. The summed E-state index contributed by atoms with van der Waals surface area (Å²) in [6, 6.07) is 0. The average molecular weight is 381 g/mol. The molecule has 5 heteroatoms. The number of esters is 1. The summed E-state index contributed by atoms with van der Waals surface area (Å²) in [5.74, 6) is 0.329. The Kier molecular flexibility index (Phi) is 6.60. The van der Waals surface area contributed by atoms with Gasteiger partial charge in [0.2, 0.25) is 0 Å². The summed E-state index contributed by atoms with van der Waals surface area (Å²) in [7, 11) is 0. The van der Waals surface area contributed by atoms with E-state index in [-0.39, 0.29) is 23.4 Å². The zero-order valence-electron chi connectivity index (χ0n) is 17.6. The van der Waals surface area contributed by atoms with Crippen LogP contribution in [-0.2, 0) is 14.4 Å². The number of fused-ring (bicyclic) bond motifs is 1. The molecule has 154 valence electrons. The van der Waals surface area contributed by atoms with E-state index in [1.165, 1.54) is 12.5 Å². The Balaban J connectivity index is 2.21. The van der Waals surface area contributed by atoms with Gasteiger partial charge in [0.05, 0.1) is 5.60 Å². The highest BCUT2D eigenvalue weighted by Crippen LogP contribution is 2.60. The van der Waals surface area contributed by atoms with Crippen molar-refractivity contribution in [1.29, 1.82) is 0 Å². The molecule has 0 aliphatic heterocycles. The van der Waals surface area contributed by atoms with E-state index in [0.717, 1.165) is 25.7 Å². The Bertz CT molecular complexity index is 604. The summed E-state index contributed by atoms with van der Waals surface area (Å²) in [5, 5.41) is 20.1. The first kappa shape index (κ1) is 22.1. The van der Waals surface area contributed by atoms with Crippen molar-refractivity contribution in [3.05, 3.63) is 23.8 Å². The molecule has 2 aliphatic rings. The van der Waals surface area contributed by atoms with Crippen LogP contribution < -0.4 is 0 Å². The number of hydrogen-bond donors (Lipinski definition) is 2. The third-order valence-electron chi connectivity index (χ3n) is 6.32. The van der Waals surface area contributed by atoms with Crippen LogP contribution in [0.5, 0.6) is 0 Å². The summed E-state index contributed by atoms with van der Waals surface area (Å²) < 4.78 is 5.44. The van der Waals surface area contributed by atoms with E-state index in [1.54, 1.807) is 0 Å². The molecule has 27 heavy (non-hydrogen) atoms. The first-order valence-corrected chi connectivity index (χ1v) is 9.96. The molecule has 2 aliphatic carbocycles. The molecule has 0 radical (unpaired) electrons. The molecule has 0 saturated heterocycles. The van der Waals surface area contributed by atoms with Crippen molar-refractivity contribution in [3.63, 3.8) is 0 Å². The molecule has 0 heterocycles. The van der Waals surface area contributed by atoms with Crippen molar-refractivity contribution in [2.75, 3.05) is 0 Å². The predicted molar refractivity (Wildman–Crippen MR) is 105 cm³/mol. The van der Waals surface area contributed by atoms with Gasteiger partial charge in [0, 0.05) is 13.3 Å². The van der Waals surface area contributed by atoms with Crippen LogP contribution in [0.25, 0.3) is 0 Å². The van der Waals surface area contributed by atoms with Crippen molar-refractivity contribution in [1.82, 2.24) is 0 Å². The Labute approximate surface area is 163 Å². The molecule has 0 bridgehead atoms. The summed E-state index contributed by atoms with van der Waals surface area (Å²) in [5.41, 5.74) is -0.309. The van der Waals surface area contributed by atoms with Crippen molar-refractivity contribution in [3.8, 4) is 0 Å². The van der Waals surface area contributed by atoms with Crippen LogP contribution in [-0.4, -0.2) is 33.6 Å². The van der Waals surface area contributed by atoms with Gasteiger partial charge in [-0.25, -0.2) is 4.89 Å². The second-order valence-electron chi connectivity index (χ2n) is 9.63. The van der Waals surface area contributed by atoms with Gasteiger partial charge in [-0.3, -0.25) is 10.1 Å². The third kappa shape index (κ3) is 5.90. The molecule has 0 amide bonds. The molecule has 5 nitrogen and oxygen atoms in total. The van der Waals surface area contributed by atoms with Gasteiger partial charge in [0.1, 0.15) is 11.7 Å². The highest BCUT2D eigenvalue weighted by atomic mass is 17.1. The minimum atomic E-state index is -0.864. The fourth-order valence-electron chi connectivity index (χ4n) is 4.52. The summed E-state index contributed by atoms with van der Waals surface area (Å²) >= 11 is 0. The highest BCUT2D eigenvalue weighted by Gasteiger charge is 2.57. The van der Waals surface area contributed by atoms with Gasteiger partial charge in [0.15, 0.2) is 0 Å². The molecule has 0 spiro atoms. The standard InChI is InChI=1S/C22H36O5/c1-15-8-11-21(5,10-7-9-20(3,4)27-25)18-13-19(18)22(6,24)14-17(12-15)26-16(2)23/h7,9,12,17-19,24-25H,8,10-11,13-14H2,1-6H3/b9-7+,15-12+/t17-,18-,19-,21-,22-/m0/s1. The van der Waals surface area contributed by atoms with E-state index in [1.807, 2.05) is 32.9 Å². The fourth-order valence-corrected chi connectivity index (χ4v) is 4.52. The molecule has 0 aromatic heterocycles.